The third-order valence-corrected chi connectivity index (χ3v) is 6.25. The fourth-order valence-corrected chi connectivity index (χ4v) is 4.09. The highest BCUT2D eigenvalue weighted by molar-refractivity contribution is 5.94. The second-order valence-corrected chi connectivity index (χ2v) is 9.12. The number of aryl methyl sites for hydroxylation is 1. The molecule has 0 aliphatic heterocycles. The van der Waals surface area contributed by atoms with Gasteiger partial charge in [-0.25, -0.2) is 9.37 Å². The Balaban J connectivity index is 1.42. The third-order valence-electron chi connectivity index (χ3n) is 6.25. The predicted octanol–water partition coefficient (Wildman–Crippen LogP) is 5.36. The van der Waals surface area contributed by atoms with E-state index in [1.807, 2.05) is 60.7 Å². The maximum atomic E-state index is 14.4. The van der Waals surface area contributed by atoms with E-state index in [1.54, 1.807) is 34.7 Å². The summed E-state index contributed by atoms with van der Waals surface area (Å²) in [6, 6.07) is 24.1. The van der Waals surface area contributed by atoms with Gasteiger partial charge in [0.1, 0.15) is 12.4 Å². The normalized spacial score (nSPS) is 12.8. The Morgan fingerprint density at radius 1 is 1.03 bits per heavy atom. The van der Waals surface area contributed by atoms with Crippen LogP contribution >= 0.6 is 0 Å². The van der Waals surface area contributed by atoms with Gasteiger partial charge in [0.2, 0.25) is 17.8 Å². The van der Waals surface area contributed by atoms with Crippen LogP contribution < -0.4 is 5.32 Å². The van der Waals surface area contributed by atoms with Crippen LogP contribution in [0.5, 0.6) is 0 Å². The number of benzene rings is 3. The van der Waals surface area contributed by atoms with E-state index in [0.29, 0.717) is 23.5 Å². The lowest BCUT2D eigenvalue weighted by Crippen LogP contribution is -2.38. The van der Waals surface area contributed by atoms with Gasteiger partial charge in [0.25, 0.3) is 0 Å². The minimum Gasteiger partial charge on any atom is -0.329 e. The summed E-state index contributed by atoms with van der Waals surface area (Å²) in [5.41, 5.74) is 3.54. The summed E-state index contributed by atoms with van der Waals surface area (Å²) in [4.78, 5) is 32.3. The first-order valence-corrected chi connectivity index (χ1v) is 12.0. The van der Waals surface area contributed by atoms with Crippen LogP contribution in [0.3, 0.4) is 0 Å². The predicted molar refractivity (Wildman–Crippen MR) is 137 cm³/mol. The van der Waals surface area contributed by atoms with Crippen molar-refractivity contribution in [2.45, 2.75) is 26.3 Å². The average Bonchev–Trinajstić information content (AvgIpc) is 3.66. The van der Waals surface area contributed by atoms with Crippen LogP contribution in [0.2, 0.25) is 0 Å². The van der Waals surface area contributed by atoms with Crippen molar-refractivity contribution in [2.75, 3.05) is 11.9 Å². The van der Waals surface area contributed by atoms with E-state index in [2.05, 4.69) is 10.3 Å². The van der Waals surface area contributed by atoms with Crippen molar-refractivity contribution in [2.24, 2.45) is 5.92 Å². The minimum absolute atomic E-state index is 0.0104. The third kappa shape index (κ3) is 5.35. The maximum absolute atomic E-state index is 14.4. The summed E-state index contributed by atoms with van der Waals surface area (Å²) in [5, 5.41) is 2.86. The molecule has 5 rings (SSSR count). The Morgan fingerprint density at radius 3 is 2.39 bits per heavy atom. The van der Waals surface area contributed by atoms with E-state index in [0.717, 1.165) is 24.0 Å². The van der Waals surface area contributed by atoms with Gasteiger partial charge in [-0.3, -0.25) is 19.5 Å². The quantitative estimate of drug-likeness (QED) is 0.367. The summed E-state index contributed by atoms with van der Waals surface area (Å²) in [5.74, 6) is -0.463. The molecule has 0 radical (unpaired) electrons. The van der Waals surface area contributed by atoms with Gasteiger partial charge in [0, 0.05) is 24.2 Å². The van der Waals surface area contributed by atoms with E-state index in [9.17, 15) is 14.0 Å². The summed E-state index contributed by atoms with van der Waals surface area (Å²) >= 11 is 0. The molecular formula is C29H27FN4O2. The van der Waals surface area contributed by atoms with E-state index in [1.165, 1.54) is 6.07 Å². The maximum Gasteiger partial charge on any atom is 0.246 e. The van der Waals surface area contributed by atoms with Gasteiger partial charge in [0.15, 0.2) is 0 Å². The number of imidazole rings is 1. The summed E-state index contributed by atoms with van der Waals surface area (Å²) in [6.45, 7) is 1.96. The Labute approximate surface area is 209 Å². The lowest BCUT2D eigenvalue weighted by Gasteiger charge is -2.22. The molecule has 1 heterocycles. The second kappa shape index (κ2) is 10.2. The molecule has 1 aromatic heterocycles. The number of rotatable bonds is 8. The Bertz CT molecular complexity index is 1380. The molecule has 1 aliphatic rings. The van der Waals surface area contributed by atoms with E-state index < -0.39 is 0 Å². The Kier molecular flexibility index (Phi) is 6.62. The SMILES string of the molecule is Cc1ccc(-n2cc(-c3ccccc3)nc2NC(=O)CN(Cc2ccccc2)C(=O)C2CC2)cc1F. The number of aromatic nitrogens is 2. The first-order valence-electron chi connectivity index (χ1n) is 12.0. The zero-order valence-electron chi connectivity index (χ0n) is 20.0. The highest BCUT2D eigenvalue weighted by atomic mass is 19.1. The van der Waals surface area contributed by atoms with Crippen LogP contribution in [0.15, 0.2) is 85.1 Å². The standard InChI is InChI=1S/C29H27FN4O2/c1-20-12-15-24(16-25(20)30)34-18-26(22-10-6-3-7-11-22)31-29(34)32-27(35)19-33(28(36)23-13-14-23)17-21-8-4-2-5-9-21/h2-12,15-16,18,23H,13-14,17,19H2,1H3,(H,31,32,35). The molecule has 1 fully saturated rings. The summed E-state index contributed by atoms with van der Waals surface area (Å²) in [6.07, 6.45) is 3.48. The topological polar surface area (TPSA) is 67.2 Å². The average molecular weight is 483 g/mol. The Morgan fingerprint density at radius 2 is 1.72 bits per heavy atom. The van der Waals surface area contributed by atoms with Crippen molar-refractivity contribution >= 4 is 17.8 Å². The molecule has 1 N–H and O–H groups in total. The minimum atomic E-state index is -0.362. The molecule has 1 aliphatic carbocycles. The van der Waals surface area contributed by atoms with Gasteiger partial charge >= 0.3 is 0 Å². The lowest BCUT2D eigenvalue weighted by molar-refractivity contribution is -0.136. The number of halogens is 1. The molecule has 4 aromatic rings. The van der Waals surface area contributed by atoms with Gasteiger partial charge in [0.05, 0.1) is 11.4 Å². The molecule has 3 aromatic carbocycles. The van der Waals surface area contributed by atoms with Gasteiger partial charge in [-0.05, 0) is 43.0 Å². The van der Waals surface area contributed by atoms with Crippen molar-refractivity contribution in [1.29, 1.82) is 0 Å². The number of nitrogens with one attached hydrogen (secondary N) is 1. The molecule has 1 saturated carbocycles. The summed E-state index contributed by atoms with van der Waals surface area (Å²) < 4.78 is 16.0. The lowest BCUT2D eigenvalue weighted by atomic mass is 10.2. The molecule has 0 unspecified atom stereocenters. The highest BCUT2D eigenvalue weighted by Crippen LogP contribution is 2.31. The molecule has 0 bridgehead atoms. The van der Waals surface area contributed by atoms with E-state index in [4.69, 9.17) is 0 Å². The molecule has 7 heteroatoms. The van der Waals surface area contributed by atoms with E-state index in [-0.39, 0.29) is 36.0 Å². The van der Waals surface area contributed by atoms with Gasteiger partial charge in [-0.2, -0.15) is 0 Å². The van der Waals surface area contributed by atoms with Crippen LogP contribution in [-0.2, 0) is 16.1 Å². The number of anilines is 1. The van der Waals surface area contributed by atoms with Crippen molar-refractivity contribution in [3.63, 3.8) is 0 Å². The van der Waals surface area contributed by atoms with Gasteiger partial charge in [-0.1, -0.05) is 66.7 Å². The van der Waals surface area contributed by atoms with Crippen molar-refractivity contribution in [1.82, 2.24) is 14.5 Å². The van der Waals surface area contributed by atoms with Crippen molar-refractivity contribution < 1.29 is 14.0 Å². The van der Waals surface area contributed by atoms with Crippen LogP contribution in [0.1, 0.15) is 24.0 Å². The number of hydrogen-bond acceptors (Lipinski definition) is 3. The molecule has 0 saturated heterocycles. The number of amides is 2. The van der Waals surface area contributed by atoms with Crippen LogP contribution in [-0.4, -0.2) is 32.8 Å². The fraction of sp³-hybridized carbons (Fsp3) is 0.207. The van der Waals surface area contributed by atoms with Crippen molar-refractivity contribution in [3.8, 4) is 16.9 Å². The number of hydrogen-bond donors (Lipinski definition) is 1. The van der Waals surface area contributed by atoms with Crippen LogP contribution in [0.4, 0.5) is 10.3 Å². The molecule has 6 nitrogen and oxygen atoms in total. The van der Waals surface area contributed by atoms with E-state index >= 15 is 0 Å². The fourth-order valence-electron chi connectivity index (χ4n) is 4.09. The number of carbonyl (C=O) groups is 2. The summed E-state index contributed by atoms with van der Waals surface area (Å²) in [7, 11) is 0. The molecular weight excluding hydrogens is 455 g/mol. The van der Waals surface area contributed by atoms with Crippen LogP contribution in [0.25, 0.3) is 16.9 Å². The second-order valence-electron chi connectivity index (χ2n) is 9.12. The molecule has 182 valence electrons. The zero-order chi connectivity index (χ0) is 25.1. The number of nitrogens with zero attached hydrogens (tertiary/aromatic N) is 3. The molecule has 36 heavy (non-hydrogen) atoms. The van der Waals surface area contributed by atoms with Gasteiger partial charge < -0.3 is 4.90 Å². The first-order chi connectivity index (χ1) is 17.5. The van der Waals surface area contributed by atoms with Crippen molar-refractivity contribution in [3.05, 3.63) is 102 Å². The van der Waals surface area contributed by atoms with Crippen LogP contribution in [0, 0.1) is 18.7 Å². The van der Waals surface area contributed by atoms with Gasteiger partial charge in [-0.15, -0.1) is 0 Å². The highest BCUT2D eigenvalue weighted by Gasteiger charge is 2.34. The number of carbonyl (C=O) groups excluding carboxylic acids is 2. The smallest absolute Gasteiger partial charge is 0.246 e. The Hall–Kier alpha value is -4.26. The monoisotopic (exact) mass is 482 g/mol. The largest absolute Gasteiger partial charge is 0.329 e. The molecule has 2 amide bonds. The zero-order valence-corrected chi connectivity index (χ0v) is 20.0. The first kappa shape index (κ1) is 23.5. The molecule has 0 spiro atoms. The molecule has 0 atom stereocenters.